The van der Waals surface area contributed by atoms with Crippen molar-refractivity contribution in [1.82, 2.24) is 14.9 Å². The van der Waals surface area contributed by atoms with Gasteiger partial charge in [-0.2, -0.15) is 0 Å². The van der Waals surface area contributed by atoms with Crippen LogP contribution in [0.3, 0.4) is 0 Å². The van der Waals surface area contributed by atoms with Crippen LogP contribution in [0.15, 0.2) is 23.8 Å². The second-order valence-electron chi connectivity index (χ2n) is 4.68. The van der Waals surface area contributed by atoms with E-state index in [1.807, 2.05) is 5.38 Å². The van der Waals surface area contributed by atoms with Crippen LogP contribution in [0.5, 0.6) is 0 Å². The first-order valence-electron chi connectivity index (χ1n) is 6.50. The summed E-state index contributed by atoms with van der Waals surface area (Å²) < 4.78 is 0. The summed E-state index contributed by atoms with van der Waals surface area (Å²) in [6, 6.07) is 1.53. The van der Waals surface area contributed by atoms with Gasteiger partial charge in [-0.15, -0.1) is 11.3 Å². The third-order valence-electron chi connectivity index (χ3n) is 3.36. The fourth-order valence-corrected chi connectivity index (χ4v) is 3.14. The van der Waals surface area contributed by atoms with Gasteiger partial charge in [0.15, 0.2) is 5.13 Å². The second-order valence-corrected chi connectivity index (χ2v) is 5.96. The topological polar surface area (TPSA) is 75.4 Å². The number of nitrogens with zero attached hydrogens (tertiary/aromatic N) is 4. The highest BCUT2D eigenvalue weighted by Crippen LogP contribution is 2.22. The summed E-state index contributed by atoms with van der Waals surface area (Å²) in [5, 5.41) is 3.27. The first-order chi connectivity index (χ1) is 10.1. The predicted molar refractivity (Wildman–Crippen MR) is 83.9 cm³/mol. The average Bonchev–Trinajstić information content (AvgIpc) is 3.03. The summed E-state index contributed by atoms with van der Waals surface area (Å²) in [4.78, 5) is 24.6. The van der Waals surface area contributed by atoms with Crippen LogP contribution in [0, 0.1) is 0 Å². The van der Waals surface area contributed by atoms with Crippen LogP contribution in [0.25, 0.3) is 0 Å². The van der Waals surface area contributed by atoms with Crippen molar-refractivity contribution in [2.24, 2.45) is 0 Å². The summed E-state index contributed by atoms with van der Waals surface area (Å²) in [7, 11) is 0. The number of carbonyl (C=O) groups excluding carboxylic acids is 1. The highest BCUT2D eigenvalue weighted by Gasteiger charge is 2.24. The van der Waals surface area contributed by atoms with E-state index in [9.17, 15) is 4.79 Å². The Morgan fingerprint density at radius 3 is 2.71 bits per heavy atom. The molecule has 6 nitrogen and oxygen atoms in total. The van der Waals surface area contributed by atoms with Crippen molar-refractivity contribution in [1.29, 1.82) is 0 Å². The molecule has 0 unspecified atom stereocenters. The number of piperazine rings is 1. The predicted octanol–water partition coefficient (Wildman–Crippen LogP) is 1.74. The Kier molecular flexibility index (Phi) is 3.94. The number of amides is 1. The molecular formula is C13H14ClN5OS. The fourth-order valence-electron chi connectivity index (χ4n) is 2.26. The van der Waals surface area contributed by atoms with E-state index in [-0.39, 0.29) is 5.91 Å². The summed E-state index contributed by atoms with van der Waals surface area (Å²) in [6.45, 7) is 2.79. The van der Waals surface area contributed by atoms with Crippen molar-refractivity contribution in [2.75, 3.05) is 36.8 Å². The van der Waals surface area contributed by atoms with Crippen molar-refractivity contribution < 1.29 is 4.79 Å². The van der Waals surface area contributed by atoms with E-state index in [0.717, 1.165) is 18.2 Å². The molecule has 2 N–H and O–H groups in total. The van der Waals surface area contributed by atoms with E-state index in [2.05, 4.69) is 14.9 Å². The summed E-state index contributed by atoms with van der Waals surface area (Å²) in [6.07, 6.45) is 3.20. The van der Waals surface area contributed by atoms with Gasteiger partial charge in [-0.25, -0.2) is 9.97 Å². The molecule has 110 valence electrons. The number of aromatic nitrogens is 2. The zero-order valence-corrected chi connectivity index (χ0v) is 12.8. The van der Waals surface area contributed by atoms with Gasteiger partial charge in [0.05, 0.1) is 10.6 Å². The summed E-state index contributed by atoms with van der Waals surface area (Å²) in [5.74, 6) is 0.192. The van der Waals surface area contributed by atoms with Crippen LogP contribution in [-0.2, 0) is 0 Å². The van der Waals surface area contributed by atoms with E-state index in [0.29, 0.717) is 29.5 Å². The molecule has 2 aromatic rings. The fraction of sp³-hybridized carbons (Fsp3) is 0.308. The number of anilines is 2. The lowest BCUT2D eigenvalue weighted by atomic mass is 10.2. The normalized spacial score (nSPS) is 15.3. The largest absolute Gasteiger partial charge is 0.384 e. The maximum atomic E-state index is 12.5. The van der Waals surface area contributed by atoms with Crippen LogP contribution >= 0.6 is 22.9 Å². The molecule has 1 aliphatic heterocycles. The van der Waals surface area contributed by atoms with E-state index in [4.69, 9.17) is 17.3 Å². The zero-order chi connectivity index (χ0) is 14.8. The number of nitrogen functional groups attached to an aromatic ring is 1. The monoisotopic (exact) mass is 323 g/mol. The molecule has 0 saturated carbocycles. The average molecular weight is 324 g/mol. The number of carbonyl (C=O) groups is 1. The minimum Gasteiger partial charge on any atom is -0.384 e. The Morgan fingerprint density at radius 2 is 2.05 bits per heavy atom. The minimum atomic E-state index is -0.104. The van der Waals surface area contributed by atoms with Gasteiger partial charge in [0, 0.05) is 44.0 Å². The minimum absolute atomic E-state index is 0.104. The second kappa shape index (κ2) is 5.87. The first kappa shape index (κ1) is 14.1. The molecule has 0 spiro atoms. The molecule has 1 fully saturated rings. The molecule has 3 rings (SSSR count). The molecule has 0 aliphatic carbocycles. The lowest BCUT2D eigenvalue weighted by Gasteiger charge is -2.34. The van der Waals surface area contributed by atoms with Crippen LogP contribution in [0.1, 0.15) is 10.4 Å². The van der Waals surface area contributed by atoms with Crippen LogP contribution < -0.4 is 10.6 Å². The lowest BCUT2D eigenvalue weighted by molar-refractivity contribution is 0.0747. The number of pyridine rings is 1. The summed E-state index contributed by atoms with van der Waals surface area (Å²) >= 11 is 7.64. The Labute approximate surface area is 131 Å². The van der Waals surface area contributed by atoms with Gasteiger partial charge >= 0.3 is 0 Å². The molecule has 1 saturated heterocycles. The SMILES string of the molecule is Nc1cc(C(=O)N2CCN(c3nccs3)CC2)c(Cl)cn1. The van der Waals surface area contributed by atoms with Crippen molar-refractivity contribution in [3.63, 3.8) is 0 Å². The molecule has 0 aromatic carbocycles. The zero-order valence-electron chi connectivity index (χ0n) is 11.2. The third kappa shape index (κ3) is 2.93. The number of rotatable bonds is 2. The Bertz CT molecular complexity index is 640. The van der Waals surface area contributed by atoms with Gasteiger partial charge in [0.1, 0.15) is 5.82 Å². The Morgan fingerprint density at radius 1 is 1.29 bits per heavy atom. The van der Waals surface area contributed by atoms with Crippen molar-refractivity contribution >= 4 is 39.8 Å². The van der Waals surface area contributed by atoms with Gasteiger partial charge < -0.3 is 15.5 Å². The van der Waals surface area contributed by atoms with Gasteiger partial charge in [-0.1, -0.05) is 11.6 Å². The number of halogens is 1. The smallest absolute Gasteiger partial charge is 0.255 e. The standard InChI is InChI=1S/C13H14ClN5OS/c14-10-8-17-11(15)7-9(10)12(20)18-2-4-19(5-3-18)13-16-1-6-21-13/h1,6-8H,2-5H2,(H2,15,17). The molecule has 8 heteroatoms. The molecule has 21 heavy (non-hydrogen) atoms. The number of nitrogens with two attached hydrogens (primary N) is 1. The van der Waals surface area contributed by atoms with Gasteiger partial charge in [0.2, 0.25) is 0 Å². The maximum Gasteiger partial charge on any atom is 0.255 e. The van der Waals surface area contributed by atoms with E-state index in [1.54, 1.807) is 22.4 Å². The molecule has 3 heterocycles. The van der Waals surface area contributed by atoms with Crippen LogP contribution in [0.4, 0.5) is 10.9 Å². The third-order valence-corrected chi connectivity index (χ3v) is 4.50. The quantitative estimate of drug-likeness (QED) is 0.911. The summed E-state index contributed by atoms with van der Waals surface area (Å²) in [5.41, 5.74) is 6.03. The van der Waals surface area contributed by atoms with Gasteiger partial charge in [-0.05, 0) is 6.07 Å². The van der Waals surface area contributed by atoms with Crippen molar-refractivity contribution in [2.45, 2.75) is 0 Å². The Hall–Kier alpha value is -1.86. The van der Waals surface area contributed by atoms with E-state index >= 15 is 0 Å². The van der Waals surface area contributed by atoms with Crippen molar-refractivity contribution in [3.05, 3.63) is 34.4 Å². The highest BCUT2D eigenvalue weighted by molar-refractivity contribution is 7.13. The molecule has 0 atom stereocenters. The van der Waals surface area contributed by atoms with E-state index in [1.165, 1.54) is 12.3 Å². The molecule has 1 aliphatic rings. The number of hydrogen-bond acceptors (Lipinski definition) is 6. The van der Waals surface area contributed by atoms with Crippen LogP contribution in [-0.4, -0.2) is 47.0 Å². The molecule has 0 radical (unpaired) electrons. The maximum absolute atomic E-state index is 12.5. The molecule has 1 amide bonds. The highest BCUT2D eigenvalue weighted by atomic mass is 35.5. The molecule has 0 bridgehead atoms. The first-order valence-corrected chi connectivity index (χ1v) is 7.75. The Balaban J connectivity index is 1.69. The molecular weight excluding hydrogens is 310 g/mol. The van der Waals surface area contributed by atoms with E-state index < -0.39 is 0 Å². The van der Waals surface area contributed by atoms with Crippen molar-refractivity contribution in [3.8, 4) is 0 Å². The van der Waals surface area contributed by atoms with Gasteiger partial charge in [-0.3, -0.25) is 4.79 Å². The lowest BCUT2D eigenvalue weighted by Crippen LogP contribution is -2.48. The number of hydrogen-bond donors (Lipinski definition) is 1. The number of thiazole rings is 1. The van der Waals surface area contributed by atoms with Crippen LogP contribution in [0.2, 0.25) is 5.02 Å². The molecule has 2 aromatic heterocycles. The van der Waals surface area contributed by atoms with Gasteiger partial charge in [0.25, 0.3) is 5.91 Å².